The molecule has 1 atom stereocenters. The van der Waals surface area contributed by atoms with E-state index in [1.807, 2.05) is 0 Å². The number of methoxy groups -OCH3 is 2. The minimum atomic E-state index is -4.28. The average molecular weight is 663 g/mol. The van der Waals surface area contributed by atoms with Gasteiger partial charge in [0.2, 0.25) is 11.8 Å². The first kappa shape index (κ1) is 33.4. The second-order valence-electron chi connectivity index (χ2n) is 10.6. The summed E-state index contributed by atoms with van der Waals surface area (Å²) in [6, 6.07) is 16.5. The summed E-state index contributed by atoms with van der Waals surface area (Å²) in [7, 11) is -1.38. The largest absolute Gasteiger partial charge is 0.497 e. The van der Waals surface area contributed by atoms with Crippen molar-refractivity contribution in [2.45, 2.75) is 62.6 Å². The number of ether oxygens (including phenoxy) is 2. The number of carbonyl (C=O) groups is 2. The third-order valence-electron chi connectivity index (χ3n) is 7.74. The zero-order valence-electron chi connectivity index (χ0n) is 25.0. The highest BCUT2D eigenvalue weighted by atomic mass is 35.5. The first-order valence-electron chi connectivity index (χ1n) is 14.4. The molecule has 0 saturated heterocycles. The maximum Gasteiger partial charge on any atom is 0.264 e. The Bertz CT molecular complexity index is 1560. The van der Waals surface area contributed by atoms with Gasteiger partial charge >= 0.3 is 0 Å². The van der Waals surface area contributed by atoms with Crippen LogP contribution in [0.4, 0.5) is 5.69 Å². The molecule has 1 aliphatic rings. The van der Waals surface area contributed by atoms with Gasteiger partial charge in [0.15, 0.2) is 0 Å². The number of amides is 2. The average Bonchev–Trinajstić information content (AvgIpc) is 3.04. The number of benzene rings is 3. The van der Waals surface area contributed by atoms with Gasteiger partial charge in [-0.1, -0.05) is 60.7 Å². The van der Waals surface area contributed by atoms with Crippen LogP contribution in [-0.4, -0.2) is 58.0 Å². The van der Waals surface area contributed by atoms with Crippen molar-refractivity contribution in [2.24, 2.45) is 0 Å². The molecule has 4 rings (SSSR count). The molecule has 0 bridgehead atoms. The topological polar surface area (TPSA) is 105 Å². The number of anilines is 1. The Balaban J connectivity index is 1.72. The lowest BCUT2D eigenvalue weighted by Gasteiger charge is -2.33. The van der Waals surface area contributed by atoms with Gasteiger partial charge in [-0.05, 0) is 73.9 Å². The second-order valence-corrected chi connectivity index (χ2v) is 13.3. The number of halogens is 2. The molecule has 0 heterocycles. The summed E-state index contributed by atoms with van der Waals surface area (Å²) in [4.78, 5) is 29.0. The summed E-state index contributed by atoms with van der Waals surface area (Å²) in [5.41, 5.74) is 0.805. The molecule has 0 aromatic heterocycles. The predicted molar refractivity (Wildman–Crippen MR) is 172 cm³/mol. The van der Waals surface area contributed by atoms with Gasteiger partial charge in [0.1, 0.15) is 24.1 Å². The Morgan fingerprint density at radius 3 is 2.25 bits per heavy atom. The molecule has 0 radical (unpaired) electrons. The molecule has 1 saturated carbocycles. The lowest BCUT2D eigenvalue weighted by molar-refractivity contribution is -0.139. The smallest absolute Gasteiger partial charge is 0.264 e. The van der Waals surface area contributed by atoms with Crippen molar-refractivity contribution in [2.75, 3.05) is 25.1 Å². The van der Waals surface area contributed by atoms with E-state index in [2.05, 4.69) is 5.32 Å². The Hall–Kier alpha value is -3.47. The molecule has 0 spiro atoms. The third-order valence-corrected chi connectivity index (χ3v) is 10.2. The van der Waals surface area contributed by atoms with Crippen LogP contribution in [0, 0.1) is 0 Å². The number of hydrogen-bond acceptors (Lipinski definition) is 6. The van der Waals surface area contributed by atoms with Crippen LogP contribution in [0.25, 0.3) is 0 Å². The van der Waals surface area contributed by atoms with Crippen molar-refractivity contribution in [3.05, 3.63) is 82.3 Å². The SMILES string of the molecule is COc1ccc(S(=O)(=O)N(CC(=O)N(Cc2ccc(Cl)c(Cl)c2)C(C)C(=O)NC2CCCCC2)c2ccccc2OC)cc1. The summed E-state index contributed by atoms with van der Waals surface area (Å²) in [6.45, 7) is 1.04. The standard InChI is InChI=1S/C32H37Cl2N3O6S/c1-22(32(39)35-24-9-5-4-6-10-24)36(20-23-13-18-27(33)28(34)19-23)31(38)21-37(29-11-7-8-12-30(29)43-3)44(40,41)26-16-14-25(42-2)15-17-26/h7-8,11-19,22,24H,4-6,9-10,20-21H2,1-3H3,(H,35,39). The lowest BCUT2D eigenvalue weighted by Crippen LogP contribution is -2.53. The maximum atomic E-state index is 14.2. The van der Waals surface area contributed by atoms with Gasteiger partial charge in [-0.25, -0.2) is 8.42 Å². The quantitative estimate of drug-likeness (QED) is 0.253. The molecule has 0 aliphatic heterocycles. The van der Waals surface area contributed by atoms with Gasteiger partial charge in [0.05, 0.1) is 34.8 Å². The van der Waals surface area contributed by atoms with Crippen molar-refractivity contribution in [1.82, 2.24) is 10.2 Å². The fourth-order valence-electron chi connectivity index (χ4n) is 5.21. The zero-order valence-corrected chi connectivity index (χ0v) is 27.3. The highest BCUT2D eigenvalue weighted by molar-refractivity contribution is 7.92. The molecule has 1 N–H and O–H groups in total. The van der Waals surface area contributed by atoms with Crippen LogP contribution in [0.5, 0.6) is 11.5 Å². The van der Waals surface area contributed by atoms with Crippen LogP contribution in [0.2, 0.25) is 10.0 Å². The summed E-state index contributed by atoms with van der Waals surface area (Å²) in [5, 5.41) is 3.74. The van der Waals surface area contributed by atoms with Crippen LogP contribution in [0.1, 0.15) is 44.6 Å². The molecule has 12 heteroatoms. The van der Waals surface area contributed by atoms with Crippen LogP contribution in [0.3, 0.4) is 0 Å². The Morgan fingerprint density at radius 1 is 0.932 bits per heavy atom. The van der Waals surface area contributed by atoms with E-state index < -0.39 is 28.5 Å². The Kier molecular flexibility index (Phi) is 11.4. The van der Waals surface area contributed by atoms with Crippen molar-refractivity contribution < 1.29 is 27.5 Å². The molecule has 1 unspecified atom stereocenters. The van der Waals surface area contributed by atoms with Gasteiger partial charge in [-0.15, -0.1) is 0 Å². The molecule has 1 fully saturated rings. The number of hydrogen-bond donors (Lipinski definition) is 1. The molecule has 2 amide bonds. The first-order chi connectivity index (χ1) is 21.0. The van der Waals surface area contributed by atoms with Crippen LogP contribution in [0.15, 0.2) is 71.6 Å². The van der Waals surface area contributed by atoms with E-state index >= 15 is 0 Å². The lowest BCUT2D eigenvalue weighted by atomic mass is 9.95. The number of nitrogens with zero attached hydrogens (tertiary/aromatic N) is 2. The maximum absolute atomic E-state index is 14.2. The normalized spacial score (nSPS) is 14.4. The van der Waals surface area contributed by atoms with Crippen molar-refractivity contribution >= 4 is 50.7 Å². The molecule has 1 aliphatic carbocycles. The third kappa shape index (κ3) is 7.97. The molecule has 3 aromatic carbocycles. The predicted octanol–water partition coefficient (Wildman–Crippen LogP) is 6.07. The van der Waals surface area contributed by atoms with Crippen molar-refractivity contribution in [3.8, 4) is 11.5 Å². The highest BCUT2D eigenvalue weighted by Gasteiger charge is 2.34. The van der Waals surface area contributed by atoms with Crippen molar-refractivity contribution in [1.29, 1.82) is 0 Å². The van der Waals surface area contributed by atoms with E-state index in [0.29, 0.717) is 21.4 Å². The summed E-state index contributed by atoms with van der Waals surface area (Å²) >= 11 is 12.4. The van der Waals surface area contributed by atoms with E-state index in [4.69, 9.17) is 32.7 Å². The Labute approximate surface area is 269 Å². The van der Waals surface area contributed by atoms with Crippen LogP contribution >= 0.6 is 23.2 Å². The fourth-order valence-corrected chi connectivity index (χ4v) is 6.96. The number of nitrogens with one attached hydrogen (secondary N) is 1. The van der Waals surface area contributed by atoms with Crippen LogP contribution < -0.4 is 19.1 Å². The van der Waals surface area contributed by atoms with Gasteiger partial charge in [-0.3, -0.25) is 13.9 Å². The molecular formula is C32H37Cl2N3O6S. The van der Waals surface area contributed by atoms with E-state index in [-0.39, 0.29) is 34.8 Å². The molecular weight excluding hydrogens is 625 g/mol. The monoisotopic (exact) mass is 661 g/mol. The highest BCUT2D eigenvalue weighted by Crippen LogP contribution is 2.33. The van der Waals surface area contributed by atoms with Gasteiger partial charge in [-0.2, -0.15) is 0 Å². The summed E-state index contributed by atoms with van der Waals surface area (Å²) in [6.07, 6.45) is 4.94. The number of para-hydroxylation sites is 2. The van der Waals surface area contributed by atoms with Gasteiger partial charge < -0.3 is 19.7 Å². The number of carbonyl (C=O) groups excluding carboxylic acids is 2. The first-order valence-corrected chi connectivity index (χ1v) is 16.6. The van der Waals surface area contributed by atoms with Crippen LogP contribution in [-0.2, 0) is 26.2 Å². The Morgan fingerprint density at radius 2 is 1.61 bits per heavy atom. The van der Waals surface area contributed by atoms with Gasteiger partial charge in [0, 0.05) is 12.6 Å². The van der Waals surface area contributed by atoms with E-state index in [0.717, 1.165) is 36.4 Å². The number of sulfonamides is 1. The zero-order chi connectivity index (χ0) is 31.9. The fraction of sp³-hybridized carbons (Fsp3) is 0.375. The molecule has 44 heavy (non-hydrogen) atoms. The second kappa shape index (κ2) is 15.0. The minimum Gasteiger partial charge on any atom is -0.497 e. The minimum absolute atomic E-state index is 0.00266. The molecule has 9 nitrogen and oxygen atoms in total. The van der Waals surface area contributed by atoms with E-state index in [1.54, 1.807) is 49.4 Å². The number of rotatable bonds is 12. The van der Waals surface area contributed by atoms with E-state index in [9.17, 15) is 18.0 Å². The molecule has 236 valence electrons. The van der Waals surface area contributed by atoms with E-state index in [1.165, 1.54) is 43.4 Å². The van der Waals surface area contributed by atoms with Gasteiger partial charge in [0.25, 0.3) is 10.0 Å². The summed E-state index contributed by atoms with van der Waals surface area (Å²) in [5.74, 6) is -0.163. The van der Waals surface area contributed by atoms with Crippen molar-refractivity contribution in [3.63, 3.8) is 0 Å². The molecule has 3 aromatic rings. The summed E-state index contributed by atoms with van der Waals surface area (Å²) < 4.78 is 39.9.